The Labute approximate surface area is 93.0 Å². The van der Waals surface area contributed by atoms with E-state index in [0.717, 1.165) is 0 Å². The van der Waals surface area contributed by atoms with Crippen LogP contribution in [-0.4, -0.2) is 35.5 Å². The molecular weight excluding hydrogens is 210 g/mol. The third-order valence-corrected chi connectivity index (χ3v) is 2.04. The van der Waals surface area contributed by atoms with E-state index in [1.807, 2.05) is 0 Å². The van der Waals surface area contributed by atoms with Crippen LogP contribution >= 0.6 is 0 Å². The van der Waals surface area contributed by atoms with Gasteiger partial charge >= 0.3 is 5.97 Å². The minimum atomic E-state index is -1.02. The molecule has 0 bridgehead atoms. The van der Waals surface area contributed by atoms with E-state index in [4.69, 9.17) is 9.84 Å². The second-order valence-corrected chi connectivity index (χ2v) is 3.19. The average molecular weight is 223 g/mol. The van der Waals surface area contributed by atoms with Gasteiger partial charge in [0.1, 0.15) is 6.04 Å². The van der Waals surface area contributed by atoms with Gasteiger partial charge in [0, 0.05) is 11.8 Å². The quantitative estimate of drug-likeness (QED) is 0.754. The summed E-state index contributed by atoms with van der Waals surface area (Å²) in [5.41, 5.74) is 0.424. The number of carbonyl (C=O) groups is 1. The second kappa shape index (κ2) is 5.16. The molecule has 1 aromatic rings. The number of phenolic OH excluding ortho intramolecular Hbond substituents is 1. The molecule has 2 N–H and O–H groups in total. The third kappa shape index (κ3) is 2.73. The van der Waals surface area contributed by atoms with Crippen molar-refractivity contribution in [2.75, 3.05) is 7.11 Å². The van der Waals surface area contributed by atoms with Crippen LogP contribution in [0.4, 0.5) is 0 Å². The lowest BCUT2D eigenvalue weighted by atomic mass is 10.2. The van der Waals surface area contributed by atoms with Gasteiger partial charge in [0.25, 0.3) is 0 Å². The minimum absolute atomic E-state index is 0.0497. The molecular formula is C11H13NO4. The Hall–Kier alpha value is -2.04. The van der Waals surface area contributed by atoms with Gasteiger partial charge in [-0.25, -0.2) is 4.79 Å². The molecule has 0 fully saturated rings. The Morgan fingerprint density at radius 3 is 2.81 bits per heavy atom. The first kappa shape index (κ1) is 12.0. The van der Waals surface area contributed by atoms with Crippen LogP contribution in [0.1, 0.15) is 12.5 Å². The zero-order chi connectivity index (χ0) is 12.1. The van der Waals surface area contributed by atoms with Gasteiger partial charge in [0.05, 0.1) is 7.11 Å². The molecule has 0 radical (unpaired) electrons. The molecule has 1 aromatic carbocycles. The van der Waals surface area contributed by atoms with Gasteiger partial charge in [0.2, 0.25) is 0 Å². The number of para-hydroxylation sites is 1. The maximum Gasteiger partial charge on any atom is 0.328 e. The molecule has 1 rings (SSSR count). The Bertz CT molecular complexity index is 414. The van der Waals surface area contributed by atoms with Crippen molar-refractivity contribution in [3.63, 3.8) is 0 Å². The van der Waals surface area contributed by atoms with Crippen molar-refractivity contribution in [1.29, 1.82) is 0 Å². The first-order chi connectivity index (χ1) is 7.56. The largest absolute Gasteiger partial charge is 0.504 e. The van der Waals surface area contributed by atoms with Crippen molar-refractivity contribution < 1.29 is 19.7 Å². The Morgan fingerprint density at radius 1 is 1.56 bits per heavy atom. The van der Waals surface area contributed by atoms with Crippen LogP contribution in [0.2, 0.25) is 0 Å². The molecule has 0 saturated heterocycles. The normalized spacial score (nSPS) is 12.6. The van der Waals surface area contributed by atoms with E-state index in [2.05, 4.69) is 4.99 Å². The number of aliphatic carboxylic acids is 1. The highest BCUT2D eigenvalue weighted by atomic mass is 16.5. The lowest BCUT2D eigenvalue weighted by Crippen LogP contribution is -2.13. The molecule has 5 nitrogen and oxygen atoms in total. The lowest BCUT2D eigenvalue weighted by Gasteiger charge is -2.05. The van der Waals surface area contributed by atoms with Crippen molar-refractivity contribution in [1.82, 2.24) is 0 Å². The summed E-state index contributed by atoms with van der Waals surface area (Å²) in [6.07, 6.45) is 1.32. The van der Waals surface area contributed by atoms with E-state index >= 15 is 0 Å². The van der Waals surface area contributed by atoms with Crippen molar-refractivity contribution in [3.8, 4) is 11.5 Å². The van der Waals surface area contributed by atoms with Crippen LogP contribution in [0.25, 0.3) is 0 Å². The lowest BCUT2D eigenvalue weighted by molar-refractivity contribution is -0.137. The molecule has 0 unspecified atom stereocenters. The number of aliphatic imine (C=N–C) groups is 1. The molecule has 0 aliphatic heterocycles. The van der Waals surface area contributed by atoms with Crippen LogP contribution in [0.5, 0.6) is 11.5 Å². The minimum Gasteiger partial charge on any atom is -0.504 e. The molecule has 0 heterocycles. The maximum absolute atomic E-state index is 10.5. The van der Waals surface area contributed by atoms with Crippen molar-refractivity contribution >= 4 is 12.2 Å². The zero-order valence-corrected chi connectivity index (χ0v) is 9.04. The van der Waals surface area contributed by atoms with Crippen molar-refractivity contribution in [2.45, 2.75) is 13.0 Å². The number of hydrogen-bond donors (Lipinski definition) is 2. The zero-order valence-electron chi connectivity index (χ0n) is 9.04. The van der Waals surface area contributed by atoms with Crippen molar-refractivity contribution in [2.24, 2.45) is 4.99 Å². The molecule has 0 spiro atoms. The summed E-state index contributed by atoms with van der Waals surface area (Å²) >= 11 is 0. The molecule has 0 aliphatic rings. The predicted molar refractivity (Wildman–Crippen MR) is 59.4 cm³/mol. The summed E-state index contributed by atoms with van der Waals surface area (Å²) in [4.78, 5) is 14.3. The number of hydrogen-bond acceptors (Lipinski definition) is 4. The van der Waals surface area contributed by atoms with Gasteiger partial charge in [0.15, 0.2) is 11.5 Å². The van der Waals surface area contributed by atoms with E-state index in [1.54, 1.807) is 18.2 Å². The molecule has 5 heteroatoms. The van der Waals surface area contributed by atoms with Crippen LogP contribution < -0.4 is 4.74 Å². The number of phenols is 1. The summed E-state index contributed by atoms with van der Waals surface area (Å²) in [5.74, 6) is -0.739. The van der Waals surface area contributed by atoms with Gasteiger partial charge in [-0.1, -0.05) is 6.07 Å². The highest BCUT2D eigenvalue weighted by Gasteiger charge is 2.09. The van der Waals surface area contributed by atoms with E-state index in [1.165, 1.54) is 20.2 Å². The summed E-state index contributed by atoms with van der Waals surface area (Å²) in [5, 5.41) is 18.3. The number of carboxylic acids is 1. The second-order valence-electron chi connectivity index (χ2n) is 3.19. The van der Waals surface area contributed by atoms with Gasteiger partial charge in [-0.3, -0.25) is 4.99 Å². The number of methoxy groups -OCH3 is 1. The SMILES string of the molecule is COc1cccc(C=N[C@@H](C)C(=O)O)c1O. The summed E-state index contributed by atoms with van der Waals surface area (Å²) in [6.45, 7) is 1.45. The topological polar surface area (TPSA) is 79.1 Å². The molecule has 1 atom stereocenters. The first-order valence-corrected chi connectivity index (χ1v) is 4.68. The Morgan fingerprint density at radius 2 is 2.25 bits per heavy atom. The number of rotatable bonds is 4. The monoisotopic (exact) mass is 223 g/mol. The molecule has 0 aliphatic carbocycles. The van der Waals surface area contributed by atoms with E-state index < -0.39 is 12.0 Å². The van der Waals surface area contributed by atoms with E-state index in [9.17, 15) is 9.90 Å². The fourth-order valence-corrected chi connectivity index (χ4v) is 1.06. The Balaban J connectivity index is 2.93. The third-order valence-electron chi connectivity index (χ3n) is 2.04. The van der Waals surface area contributed by atoms with Gasteiger partial charge in [-0.2, -0.15) is 0 Å². The van der Waals surface area contributed by atoms with Gasteiger partial charge in [-0.05, 0) is 19.1 Å². The van der Waals surface area contributed by atoms with E-state index in [0.29, 0.717) is 11.3 Å². The number of nitrogens with zero attached hydrogens (tertiary/aromatic N) is 1. The van der Waals surface area contributed by atoms with Gasteiger partial charge in [-0.15, -0.1) is 0 Å². The Kier molecular flexibility index (Phi) is 3.88. The summed E-state index contributed by atoms with van der Waals surface area (Å²) in [7, 11) is 1.44. The van der Waals surface area contributed by atoms with Crippen LogP contribution in [-0.2, 0) is 4.79 Å². The van der Waals surface area contributed by atoms with Crippen LogP contribution in [0, 0.1) is 0 Å². The molecule has 16 heavy (non-hydrogen) atoms. The molecule has 0 amide bonds. The fourth-order valence-electron chi connectivity index (χ4n) is 1.06. The highest BCUT2D eigenvalue weighted by molar-refractivity contribution is 5.87. The highest BCUT2D eigenvalue weighted by Crippen LogP contribution is 2.27. The number of carboxylic acid groups (broad SMARTS) is 1. The van der Waals surface area contributed by atoms with Crippen molar-refractivity contribution in [3.05, 3.63) is 23.8 Å². The first-order valence-electron chi connectivity index (χ1n) is 4.68. The number of ether oxygens (including phenoxy) is 1. The smallest absolute Gasteiger partial charge is 0.328 e. The van der Waals surface area contributed by atoms with Gasteiger partial charge < -0.3 is 14.9 Å². The number of benzene rings is 1. The standard InChI is InChI=1S/C11H13NO4/c1-7(11(14)15)12-6-8-4-3-5-9(16-2)10(8)13/h3-7,13H,1-2H3,(H,14,15)/t7-/m0/s1. The maximum atomic E-state index is 10.5. The molecule has 86 valence electrons. The summed E-state index contributed by atoms with van der Waals surface area (Å²) < 4.78 is 4.91. The summed E-state index contributed by atoms with van der Waals surface area (Å²) in [6, 6.07) is 4.07. The predicted octanol–water partition coefficient (Wildman–Crippen LogP) is 1.29. The number of aromatic hydroxyl groups is 1. The van der Waals surface area contributed by atoms with Crippen LogP contribution in [0.15, 0.2) is 23.2 Å². The molecule has 0 saturated carbocycles. The molecule has 0 aromatic heterocycles. The average Bonchev–Trinajstić information content (AvgIpc) is 2.27. The van der Waals surface area contributed by atoms with E-state index in [-0.39, 0.29) is 5.75 Å². The fraction of sp³-hybridized carbons (Fsp3) is 0.273. The van der Waals surface area contributed by atoms with Crippen LogP contribution in [0.3, 0.4) is 0 Å².